The van der Waals surface area contributed by atoms with Crippen LogP contribution >= 0.6 is 69.3 Å². The Labute approximate surface area is 768 Å². The van der Waals surface area contributed by atoms with Crippen molar-refractivity contribution in [3.63, 3.8) is 0 Å². The summed E-state index contributed by atoms with van der Waals surface area (Å²) in [5.41, 5.74) is 1.03. The molecule has 682 valence electrons. The number of carbonyl (C=O) groups excluding carboxylic acids is 8. The lowest BCUT2D eigenvalue weighted by atomic mass is 9.44. The van der Waals surface area contributed by atoms with Gasteiger partial charge in [-0.15, -0.1) is 11.3 Å². The second-order valence-electron chi connectivity index (χ2n) is 35.3. The van der Waals surface area contributed by atoms with Crippen LogP contribution in [0.1, 0.15) is 201 Å². The van der Waals surface area contributed by atoms with Crippen molar-refractivity contribution in [3.05, 3.63) is 227 Å². The maximum absolute atomic E-state index is 13.6. The summed E-state index contributed by atoms with van der Waals surface area (Å²) in [4.78, 5) is 122. The number of para-hydroxylation sites is 2. The Kier molecular flexibility index (Phi) is 28.4. The van der Waals surface area contributed by atoms with Gasteiger partial charge in [-0.05, 0) is 226 Å². The normalized spacial score (nSPS) is 25.6. The molecule has 12 aliphatic carbocycles. The molecule has 9 aromatic rings. The molecular weight excluding hydrogens is 1800 g/mol. The lowest BCUT2D eigenvalue weighted by Crippen LogP contribution is -2.84. The van der Waals surface area contributed by atoms with Gasteiger partial charge >= 0.3 is 0 Å². The average Bonchev–Trinajstić information content (AvgIpc) is 0.850. The molecule has 8 amide bonds. The number of halogens is 11. The van der Waals surface area contributed by atoms with Crippen molar-refractivity contribution in [3.8, 4) is 23.0 Å². The lowest BCUT2D eigenvalue weighted by Gasteiger charge is -2.70. The fraction of sp³-hybridized carbons (Fsp3) is 0.424. The summed E-state index contributed by atoms with van der Waals surface area (Å²) in [5.74, 6) is -3.16. The van der Waals surface area contributed by atoms with Gasteiger partial charge in [-0.25, -0.2) is 41.3 Å². The molecule has 21 rings (SSSR count). The standard InChI is InChI=1S/C26H26ClFN4O3.C23H24ClF3N2O3S.C23H26ClFN4O3.C20H18Cl2FN3O3/c1-16-13-25(32-24(34)22-14-29-20-4-2-3-5-21(20)30-22)8-10-26(16,11-9-25)31-23(33)15-35-17-6-7-18(27)19(28)12-17;1-13-10-22(29-21(31)18-8-14(12-33-18)20(26)27)4-6-23(13,7-5-22)28-19(30)11-32-15-2-3-16(24)17(25)9-15;1-14-10-22(29-21(31)19-12-26-15(2)11-27-19)5-7-23(14,8-6-22)28-20(30)13-32-16-3-4-17(24)18(25)9-16;1-11-4-16(24-6-14(11)22)18(28)26-20-8-19(9-20,10-20)25-17(27)7-29-12-2-3-13(21)15(23)5-12/h2-7,12,14,16H,8-11,13,15H2,1H3,(H,31,33)(H,32,34);2-3,8-9,12-13,20H,4-7,10-11H2,1H3,(H,28,30)(H,29,31);3-4,9,11-12,14H,5-8,10,13H2,1-2H3,(H,28,30)(H,29,31);2-6H,7-10H2,1H3,(H,25,27)(H,26,28)/t16-,25?,26?;13-,22?,23?;14-,22?,23?;/m000./s1. The van der Waals surface area contributed by atoms with Gasteiger partial charge in [-0.3, -0.25) is 48.3 Å². The van der Waals surface area contributed by atoms with Crippen LogP contribution in [0, 0.1) is 54.9 Å². The van der Waals surface area contributed by atoms with Crippen LogP contribution in [0.5, 0.6) is 23.0 Å². The first-order valence-corrected chi connectivity index (χ1v) is 44.9. The Bertz CT molecular complexity index is 5740. The molecular formula is C92H94Cl5F6N13O12S. The number of fused-ring (bicyclic) bond motifs is 10. The van der Waals surface area contributed by atoms with Crippen LogP contribution in [0.2, 0.25) is 25.1 Å². The summed E-state index contributed by atoms with van der Waals surface area (Å²) in [6.45, 7) is 8.98. The molecule has 0 unspecified atom stereocenters. The largest absolute Gasteiger partial charge is 0.484 e. The third-order valence-electron chi connectivity index (χ3n) is 26.4. The quantitative estimate of drug-likeness (QED) is 0.0246. The highest BCUT2D eigenvalue weighted by atomic mass is 35.5. The highest BCUT2D eigenvalue weighted by Crippen LogP contribution is 2.61. The Balaban J connectivity index is 0.000000139. The number of rotatable bonds is 25. The Hall–Kier alpha value is -10.6. The molecule has 0 spiro atoms. The van der Waals surface area contributed by atoms with Crippen LogP contribution in [-0.4, -0.2) is 143 Å². The van der Waals surface area contributed by atoms with E-state index in [9.17, 15) is 64.7 Å². The number of amides is 8. The molecule has 12 fully saturated rings. The second-order valence-corrected chi connectivity index (χ2v) is 38.3. The maximum Gasteiger partial charge on any atom is 0.271 e. The van der Waals surface area contributed by atoms with Gasteiger partial charge in [0.25, 0.3) is 53.7 Å². The molecule has 0 aliphatic heterocycles. The number of thiophene rings is 1. The number of hydrogen-bond acceptors (Lipinski definition) is 18. The molecule has 129 heavy (non-hydrogen) atoms. The van der Waals surface area contributed by atoms with Crippen molar-refractivity contribution in [2.24, 2.45) is 17.8 Å². The van der Waals surface area contributed by atoms with E-state index in [2.05, 4.69) is 81.3 Å². The van der Waals surface area contributed by atoms with Crippen LogP contribution in [0.4, 0.5) is 26.3 Å². The second kappa shape index (κ2) is 38.8. The molecule has 12 saturated carbocycles. The van der Waals surface area contributed by atoms with Gasteiger partial charge in [0.1, 0.15) is 63.3 Å². The molecule has 0 radical (unpaired) electrons. The fourth-order valence-corrected chi connectivity index (χ4v) is 20.8. The van der Waals surface area contributed by atoms with Crippen LogP contribution in [0.15, 0.2) is 139 Å². The Morgan fingerprint density at radius 1 is 0.395 bits per heavy atom. The van der Waals surface area contributed by atoms with E-state index in [-0.39, 0.29) is 178 Å². The van der Waals surface area contributed by atoms with Gasteiger partial charge in [0, 0.05) is 91.9 Å². The number of hydrogen-bond donors (Lipinski definition) is 8. The van der Waals surface area contributed by atoms with Crippen molar-refractivity contribution in [1.82, 2.24) is 67.5 Å². The van der Waals surface area contributed by atoms with Crippen LogP contribution < -0.4 is 61.5 Å². The van der Waals surface area contributed by atoms with Crippen molar-refractivity contribution < 1.29 is 83.6 Å². The summed E-state index contributed by atoms with van der Waals surface area (Å²) in [6, 6.07) is 26.5. The SMILES string of the molecule is C[C@H]1CC2(NC(=O)c3cc(C(F)F)cs3)CCC1(NC(=O)COc1ccc(Cl)c(F)c1)CC2.C[C@H]1CC2(NC(=O)c3cnc4ccccc4n3)CCC1(NC(=O)COc1ccc(Cl)c(F)c1)CC2.Cc1cc(C(=O)NC23CC(NC(=O)COc4ccc(Cl)c(F)c4)(C2)C3)ncc1Cl.Cc1cnc(C(=O)NC23CCC(NC(=O)COc4ccc(Cl)c(F)c4)(CC2)[C@@H](C)C3)cn1. The summed E-state index contributed by atoms with van der Waals surface area (Å²) >= 11 is 29.6. The molecule has 8 N–H and O–H groups in total. The predicted octanol–water partition coefficient (Wildman–Crippen LogP) is 17.0. The first-order chi connectivity index (χ1) is 61.3. The average molecular weight is 1900 g/mol. The number of aryl methyl sites for hydroxylation is 2. The number of ether oxygens (including phenoxy) is 4. The number of pyridine rings is 1. The number of benzene rings is 5. The first kappa shape index (κ1) is 94.5. The minimum Gasteiger partial charge on any atom is -0.484 e. The van der Waals surface area contributed by atoms with E-state index in [0.717, 1.165) is 117 Å². The van der Waals surface area contributed by atoms with E-state index >= 15 is 0 Å². The van der Waals surface area contributed by atoms with E-state index < -0.39 is 40.8 Å². The zero-order chi connectivity index (χ0) is 92.2. The number of carbonyl (C=O) groups is 8. The summed E-state index contributed by atoms with van der Waals surface area (Å²) < 4.78 is 101. The van der Waals surface area contributed by atoms with E-state index in [4.69, 9.17) is 77.0 Å². The smallest absolute Gasteiger partial charge is 0.271 e. The third-order valence-corrected chi connectivity index (χ3v) is 29.0. The molecule has 0 saturated heterocycles. The lowest BCUT2D eigenvalue weighted by molar-refractivity contribution is -0.141. The number of nitrogens with zero attached hydrogens (tertiary/aromatic N) is 5. The van der Waals surface area contributed by atoms with E-state index in [1.165, 1.54) is 78.6 Å². The van der Waals surface area contributed by atoms with E-state index in [1.54, 1.807) is 12.3 Å². The highest BCUT2D eigenvalue weighted by Gasteiger charge is 2.69. The molecule has 4 heterocycles. The van der Waals surface area contributed by atoms with Gasteiger partial charge in [0.05, 0.1) is 59.1 Å². The van der Waals surface area contributed by atoms with Crippen molar-refractivity contribution in [2.75, 3.05) is 26.4 Å². The number of alkyl halides is 2. The zero-order valence-corrected chi connectivity index (χ0v) is 75.4. The van der Waals surface area contributed by atoms with E-state index in [0.29, 0.717) is 79.0 Å². The molecule has 25 nitrogen and oxygen atoms in total. The van der Waals surface area contributed by atoms with Crippen LogP contribution in [-0.2, 0) is 19.2 Å². The van der Waals surface area contributed by atoms with Crippen molar-refractivity contribution in [1.29, 1.82) is 0 Å². The molecule has 37 heteroatoms. The summed E-state index contributed by atoms with van der Waals surface area (Å²) in [5, 5.41) is 26.7. The summed E-state index contributed by atoms with van der Waals surface area (Å²) in [7, 11) is 0. The van der Waals surface area contributed by atoms with E-state index in [1.807, 2.05) is 45.0 Å². The number of nitrogens with one attached hydrogen (secondary N) is 8. The molecule has 4 aromatic heterocycles. The Morgan fingerprint density at radius 3 is 1.12 bits per heavy atom. The van der Waals surface area contributed by atoms with Gasteiger partial charge in [0.15, 0.2) is 26.4 Å². The minimum absolute atomic E-state index is 0.00200. The van der Waals surface area contributed by atoms with Gasteiger partial charge < -0.3 is 61.5 Å². The zero-order valence-electron chi connectivity index (χ0n) is 70.8. The third kappa shape index (κ3) is 22.0. The Morgan fingerprint density at radius 2 is 0.752 bits per heavy atom. The van der Waals surface area contributed by atoms with Gasteiger partial charge in [0.2, 0.25) is 0 Å². The molecule has 8 bridgehead atoms. The predicted molar refractivity (Wildman–Crippen MR) is 472 cm³/mol. The van der Waals surface area contributed by atoms with Gasteiger partial charge in [-0.1, -0.05) is 90.9 Å². The molecule has 3 atom stereocenters. The first-order valence-electron chi connectivity index (χ1n) is 42.1. The highest BCUT2D eigenvalue weighted by molar-refractivity contribution is 7.12. The van der Waals surface area contributed by atoms with Crippen molar-refractivity contribution in [2.45, 2.75) is 201 Å². The fourth-order valence-electron chi connectivity index (χ4n) is 19.5. The topological polar surface area (TPSA) is 334 Å². The maximum atomic E-state index is 13.6. The van der Waals surface area contributed by atoms with Gasteiger partial charge in [-0.2, -0.15) is 0 Å². The monoisotopic (exact) mass is 1890 g/mol. The summed E-state index contributed by atoms with van der Waals surface area (Å²) in [6.07, 6.45) is 16.4. The number of aromatic nitrogens is 5. The molecule has 12 aliphatic rings. The van der Waals surface area contributed by atoms with Crippen LogP contribution in [0.25, 0.3) is 11.0 Å². The minimum atomic E-state index is -2.60. The van der Waals surface area contributed by atoms with Crippen LogP contribution in [0.3, 0.4) is 0 Å². The van der Waals surface area contributed by atoms with Crippen molar-refractivity contribution >= 4 is 128 Å². The molecule has 5 aromatic carbocycles.